The second-order valence-electron chi connectivity index (χ2n) is 8.42. The van der Waals surface area contributed by atoms with Gasteiger partial charge in [0.2, 0.25) is 0 Å². The zero-order valence-corrected chi connectivity index (χ0v) is 16.4. The SMILES string of the molecule is N#Cc1ccc(N2CC(CC(=O)C(N)C3CC3)CC(C(F)(F)F)C2)c2cccnc12. The number of anilines is 1. The highest BCUT2D eigenvalue weighted by Crippen LogP contribution is 2.40. The Kier molecular flexibility index (Phi) is 5.41. The van der Waals surface area contributed by atoms with Crippen LogP contribution in [-0.2, 0) is 4.79 Å². The van der Waals surface area contributed by atoms with Gasteiger partial charge in [0, 0.05) is 36.8 Å². The van der Waals surface area contributed by atoms with Crippen molar-refractivity contribution in [2.45, 2.75) is 37.9 Å². The Morgan fingerprint density at radius 2 is 2.07 bits per heavy atom. The minimum absolute atomic E-state index is 0.0627. The first kappa shape index (κ1) is 20.6. The van der Waals surface area contributed by atoms with E-state index in [2.05, 4.69) is 11.1 Å². The van der Waals surface area contributed by atoms with E-state index in [0.29, 0.717) is 28.7 Å². The highest BCUT2D eigenvalue weighted by molar-refractivity contribution is 5.95. The van der Waals surface area contributed by atoms with Crippen LogP contribution in [0.3, 0.4) is 0 Å². The van der Waals surface area contributed by atoms with Crippen molar-refractivity contribution in [2.24, 2.45) is 23.5 Å². The molecule has 0 radical (unpaired) electrons. The molecule has 2 heterocycles. The van der Waals surface area contributed by atoms with Gasteiger partial charge in [-0.1, -0.05) is 0 Å². The molecule has 2 aromatic rings. The van der Waals surface area contributed by atoms with Crippen molar-refractivity contribution >= 4 is 22.4 Å². The second-order valence-corrected chi connectivity index (χ2v) is 8.42. The third kappa shape index (κ3) is 4.12. The quantitative estimate of drug-likeness (QED) is 0.802. The number of pyridine rings is 1. The van der Waals surface area contributed by atoms with Gasteiger partial charge in [0.05, 0.1) is 23.0 Å². The lowest BCUT2D eigenvalue weighted by Crippen LogP contribution is -2.47. The van der Waals surface area contributed by atoms with Gasteiger partial charge in [-0.05, 0) is 55.4 Å². The van der Waals surface area contributed by atoms with Gasteiger partial charge in [-0.2, -0.15) is 18.4 Å². The number of nitriles is 1. The van der Waals surface area contributed by atoms with Gasteiger partial charge in [-0.25, -0.2) is 0 Å². The molecule has 3 unspecified atom stereocenters. The molecule has 1 aromatic carbocycles. The van der Waals surface area contributed by atoms with Crippen LogP contribution in [0.1, 0.15) is 31.2 Å². The van der Waals surface area contributed by atoms with Gasteiger partial charge in [0.1, 0.15) is 11.9 Å². The van der Waals surface area contributed by atoms with Crippen LogP contribution >= 0.6 is 0 Å². The van der Waals surface area contributed by atoms with Crippen molar-refractivity contribution < 1.29 is 18.0 Å². The first-order valence-electron chi connectivity index (χ1n) is 10.2. The fourth-order valence-corrected chi connectivity index (χ4v) is 4.45. The number of hydrogen-bond donors (Lipinski definition) is 1. The number of hydrogen-bond acceptors (Lipinski definition) is 5. The molecule has 2 N–H and O–H groups in total. The number of halogens is 3. The summed E-state index contributed by atoms with van der Waals surface area (Å²) in [5.74, 6) is -1.91. The van der Waals surface area contributed by atoms with Gasteiger partial charge >= 0.3 is 6.18 Å². The monoisotopic (exact) mass is 416 g/mol. The molecule has 1 saturated carbocycles. The molecular weight excluding hydrogens is 393 g/mol. The maximum Gasteiger partial charge on any atom is 0.393 e. The number of rotatable bonds is 5. The predicted molar refractivity (Wildman–Crippen MR) is 107 cm³/mol. The van der Waals surface area contributed by atoms with Crippen LogP contribution in [0.4, 0.5) is 18.9 Å². The Balaban J connectivity index is 1.64. The summed E-state index contributed by atoms with van der Waals surface area (Å²) in [7, 11) is 0. The maximum absolute atomic E-state index is 13.7. The van der Waals surface area contributed by atoms with Gasteiger partial charge in [-0.15, -0.1) is 0 Å². The van der Waals surface area contributed by atoms with E-state index in [1.807, 2.05) is 0 Å². The third-order valence-electron chi connectivity index (χ3n) is 6.20. The van der Waals surface area contributed by atoms with E-state index in [9.17, 15) is 23.2 Å². The minimum Gasteiger partial charge on any atom is -0.370 e. The number of alkyl halides is 3. The lowest BCUT2D eigenvalue weighted by Gasteiger charge is -2.40. The number of piperidine rings is 1. The molecule has 0 spiro atoms. The molecule has 158 valence electrons. The Bertz CT molecular complexity index is 996. The number of carbonyl (C=O) groups is 1. The number of Topliss-reactive ketones (excluding diaryl/α,β-unsaturated/α-hetero) is 1. The summed E-state index contributed by atoms with van der Waals surface area (Å²) in [5, 5.41) is 9.96. The largest absolute Gasteiger partial charge is 0.393 e. The second kappa shape index (κ2) is 7.88. The highest BCUT2D eigenvalue weighted by Gasteiger charge is 2.45. The van der Waals surface area contributed by atoms with E-state index in [1.165, 1.54) is 0 Å². The highest BCUT2D eigenvalue weighted by atomic mass is 19.4. The average Bonchev–Trinajstić information content (AvgIpc) is 3.56. The summed E-state index contributed by atoms with van der Waals surface area (Å²) in [6.07, 6.45) is -0.970. The summed E-state index contributed by atoms with van der Waals surface area (Å²) in [5.41, 5.74) is 7.44. The van der Waals surface area contributed by atoms with Crippen LogP contribution in [0.15, 0.2) is 30.5 Å². The van der Waals surface area contributed by atoms with E-state index in [-0.39, 0.29) is 31.1 Å². The Labute approximate surface area is 172 Å². The molecule has 2 aliphatic rings. The zero-order valence-electron chi connectivity index (χ0n) is 16.4. The summed E-state index contributed by atoms with van der Waals surface area (Å²) >= 11 is 0. The van der Waals surface area contributed by atoms with Crippen molar-refractivity contribution in [1.29, 1.82) is 5.26 Å². The Morgan fingerprint density at radius 3 is 2.73 bits per heavy atom. The Morgan fingerprint density at radius 1 is 1.30 bits per heavy atom. The van der Waals surface area contributed by atoms with Crippen molar-refractivity contribution in [3.63, 3.8) is 0 Å². The van der Waals surface area contributed by atoms with E-state index in [1.54, 1.807) is 35.4 Å². The van der Waals surface area contributed by atoms with Gasteiger partial charge in [-0.3, -0.25) is 9.78 Å². The number of ketones is 1. The van der Waals surface area contributed by atoms with E-state index >= 15 is 0 Å². The number of aromatic nitrogens is 1. The summed E-state index contributed by atoms with van der Waals surface area (Å²) in [4.78, 5) is 18.5. The first-order chi connectivity index (χ1) is 14.3. The number of carbonyl (C=O) groups excluding carboxylic acids is 1. The number of nitrogens with zero attached hydrogens (tertiary/aromatic N) is 3. The molecule has 1 aliphatic heterocycles. The number of fused-ring (bicyclic) bond motifs is 1. The molecule has 8 heteroatoms. The van der Waals surface area contributed by atoms with E-state index in [4.69, 9.17) is 5.73 Å². The van der Waals surface area contributed by atoms with Crippen molar-refractivity contribution in [2.75, 3.05) is 18.0 Å². The maximum atomic E-state index is 13.7. The predicted octanol–water partition coefficient (Wildman–Crippen LogP) is 3.81. The molecular formula is C22H23F3N4O. The molecule has 1 aliphatic carbocycles. The molecule has 5 nitrogen and oxygen atoms in total. The van der Waals surface area contributed by atoms with Crippen LogP contribution in [-0.4, -0.2) is 36.1 Å². The Hall–Kier alpha value is -2.66. The molecule has 1 aromatic heterocycles. The molecule has 3 atom stereocenters. The normalized spacial score (nSPS) is 23.2. The minimum atomic E-state index is -4.35. The zero-order chi connectivity index (χ0) is 21.5. The van der Waals surface area contributed by atoms with Crippen LogP contribution in [0.2, 0.25) is 0 Å². The third-order valence-corrected chi connectivity index (χ3v) is 6.20. The van der Waals surface area contributed by atoms with Crippen molar-refractivity contribution in [1.82, 2.24) is 4.98 Å². The van der Waals surface area contributed by atoms with Crippen molar-refractivity contribution in [3.8, 4) is 6.07 Å². The average molecular weight is 416 g/mol. The molecule has 0 bridgehead atoms. The summed E-state index contributed by atoms with van der Waals surface area (Å²) < 4.78 is 41.0. The number of nitrogens with two attached hydrogens (primary N) is 1. The summed E-state index contributed by atoms with van der Waals surface area (Å²) in [6.45, 7) is 0.157. The fraction of sp³-hybridized carbons (Fsp3) is 0.500. The number of benzene rings is 1. The molecule has 0 amide bonds. The molecule has 1 saturated heterocycles. The van der Waals surface area contributed by atoms with Crippen LogP contribution in [0, 0.1) is 29.1 Å². The van der Waals surface area contributed by atoms with Crippen LogP contribution in [0.5, 0.6) is 0 Å². The van der Waals surface area contributed by atoms with E-state index < -0.39 is 24.1 Å². The molecule has 30 heavy (non-hydrogen) atoms. The molecule has 2 fully saturated rings. The van der Waals surface area contributed by atoms with Gasteiger partial charge in [0.25, 0.3) is 0 Å². The fourth-order valence-electron chi connectivity index (χ4n) is 4.45. The van der Waals surface area contributed by atoms with Gasteiger partial charge in [0.15, 0.2) is 0 Å². The van der Waals surface area contributed by atoms with Crippen LogP contribution in [0.25, 0.3) is 10.9 Å². The lowest BCUT2D eigenvalue weighted by atomic mass is 9.83. The standard InChI is InChI=1S/C22H23F3N4O/c23-22(24,25)16-8-13(9-19(30)20(27)14-3-4-14)11-29(12-16)18-6-5-15(10-26)21-17(18)2-1-7-28-21/h1-2,5-7,13-14,16,20H,3-4,8-9,11-12,27H2. The van der Waals surface area contributed by atoms with Crippen LogP contribution < -0.4 is 10.6 Å². The molecule has 4 rings (SSSR count). The topological polar surface area (TPSA) is 83.0 Å². The summed E-state index contributed by atoms with van der Waals surface area (Å²) in [6, 6.07) is 8.24. The van der Waals surface area contributed by atoms with Crippen molar-refractivity contribution in [3.05, 3.63) is 36.0 Å². The van der Waals surface area contributed by atoms with Gasteiger partial charge < -0.3 is 10.6 Å². The van der Waals surface area contributed by atoms with E-state index in [0.717, 1.165) is 12.8 Å². The smallest absolute Gasteiger partial charge is 0.370 e. The lowest BCUT2D eigenvalue weighted by molar-refractivity contribution is -0.179. The first-order valence-corrected chi connectivity index (χ1v) is 10.2.